The Hall–Kier alpha value is -0.840. The standard InChI is InChI=1S/C12H22N4/c1-3-15-6-4-5-12(15)11-13-16-9-7-14(2)8-10-16/h4-6,13H,3,7-11H2,1-2H3. The fourth-order valence-corrected chi connectivity index (χ4v) is 2.08. The Kier molecular flexibility index (Phi) is 3.98. The monoisotopic (exact) mass is 222 g/mol. The number of aryl methyl sites for hydroxylation is 1. The summed E-state index contributed by atoms with van der Waals surface area (Å²) in [5.74, 6) is 0. The molecule has 0 amide bonds. The topological polar surface area (TPSA) is 23.4 Å². The zero-order valence-corrected chi connectivity index (χ0v) is 10.3. The van der Waals surface area contributed by atoms with Crippen LogP contribution in [0.25, 0.3) is 0 Å². The normalized spacial score (nSPS) is 19.1. The van der Waals surface area contributed by atoms with Crippen molar-refractivity contribution in [3.63, 3.8) is 0 Å². The van der Waals surface area contributed by atoms with Crippen molar-refractivity contribution >= 4 is 0 Å². The van der Waals surface area contributed by atoms with Crippen molar-refractivity contribution in [1.82, 2.24) is 19.9 Å². The lowest BCUT2D eigenvalue weighted by Crippen LogP contribution is -2.50. The van der Waals surface area contributed by atoms with Crippen molar-refractivity contribution in [2.24, 2.45) is 0 Å². The third kappa shape index (κ3) is 2.84. The number of aromatic nitrogens is 1. The summed E-state index contributed by atoms with van der Waals surface area (Å²) in [4.78, 5) is 2.37. The van der Waals surface area contributed by atoms with Crippen LogP contribution in [-0.4, -0.2) is 47.7 Å². The lowest BCUT2D eigenvalue weighted by atomic mass is 10.4. The lowest BCUT2D eigenvalue weighted by Gasteiger charge is -2.32. The van der Waals surface area contributed by atoms with Gasteiger partial charge in [0.25, 0.3) is 0 Å². The SMILES string of the molecule is CCn1cccc1CNN1CCN(C)CC1. The minimum atomic E-state index is 0.935. The summed E-state index contributed by atoms with van der Waals surface area (Å²) in [5.41, 5.74) is 4.87. The van der Waals surface area contributed by atoms with Crippen molar-refractivity contribution in [1.29, 1.82) is 0 Å². The first-order chi connectivity index (χ1) is 7.79. The van der Waals surface area contributed by atoms with E-state index in [4.69, 9.17) is 0 Å². The summed E-state index contributed by atoms with van der Waals surface area (Å²) in [6.45, 7) is 8.70. The second kappa shape index (κ2) is 5.48. The van der Waals surface area contributed by atoms with E-state index in [1.807, 2.05) is 0 Å². The van der Waals surface area contributed by atoms with E-state index in [1.165, 1.54) is 5.69 Å². The minimum absolute atomic E-state index is 0.935. The Morgan fingerprint density at radius 2 is 2.00 bits per heavy atom. The van der Waals surface area contributed by atoms with Gasteiger partial charge in [-0.2, -0.15) is 0 Å². The Bertz CT molecular complexity index is 313. The third-order valence-corrected chi connectivity index (χ3v) is 3.25. The van der Waals surface area contributed by atoms with E-state index in [1.54, 1.807) is 0 Å². The summed E-state index contributed by atoms with van der Waals surface area (Å²) in [7, 11) is 2.18. The van der Waals surface area contributed by atoms with Gasteiger partial charge >= 0.3 is 0 Å². The first-order valence-corrected chi connectivity index (χ1v) is 6.10. The van der Waals surface area contributed by atoms with Crippen molar-refractivity contribution < 1.29 is 0 Å². The Morgan fingerprint density at radius 3 is 2.69 bits per heavy atom. The minimum Gasteiger partial charge on any atom is -0.350 e. The molecule has 1 aliphatic rings. The van der Waals surface area contributed by atoms with Crippen LogP contribution < -0.4 is 5.43 Å². The Morgan fingerprint density at radius 1 is 1.25 bits per heavy atom. The molecule has 0 radical (unpaired) electrons. The van der Waals surface area contributed by atoms with Gasteiger partial charge in [-0.25, -0.2) is 10.4 Å². The molecule has 0 aromatic carbocycles. The summed E-state index contributed by atoms with van der Waals surface area (Å²) in [6, 6.07) is 4.30. The van der Waals surface area contributed by atoms with Gasteiger partial charge in [0, 0.05) is 44.6 Å². The Labute approximate surface area is 97.8 Å². The van der Waals surface area contributed by atoms with Gasteiger partial charge in [0.15, 0.2) is 0 Å². The molecule has 2 heterocycles. The quantitative estimate of drug-likeness (QED) is 0.813. The summed E-state index contributed by atoms with van der Waals surface area (Å²) >= 11 is 0. The van der Waals surface area contributed by atoms with Gasteiger partial charge in [0.1, 0.15) is 0 Å². The zero-order valence-electron chi connectivity index (χ0n) is 10.3. The second-order valence-corrected chi connectivity index (χ2v) is 4.41. The van der Waals surface area contributed by atoms with Gasteiger partial charge < -0.3 is 9.47 Å². The van der Waals surface area contributed by atoms with Gasteiger partial charge in [-0.3, -0.25) is 0 Å². The number of hydrazine groups is 1. The van der Waals surface area contributed by atoms with Crippen LogP contribution in [0.15, 0.2) is 18.3 Å². The molecule has 1 N–H and O–H groups in total. The van der Waals surface area contributed by atoms with E-state index >= 15 is 0 Å². The van der Waals surface area contributed by atoms with Crippen LogP contribution in [0, 0.1) is 0 Å². The molecule has 1 aromatic heterocycles. The highest BCUT2D eigenvalue weighted by Gasteiger charge is 2.13. The molecule has 0 atom stereocenters. The number of hydrogen-bond donors (Lipinski definition) is 1. The summed E-state index contributed by atoms with van der Waals surface area (Å²) in [6.07, 6.45) is 2.14. The van der Waals surface area contributed by atoms with Crippen LogP contribution in [0.5, 0.6) is 0 Å². The highest BCUT2D eigenvalue weighted by Crippen LogP contribution is 2.03. The zero-order chi connectivity index (χ0) is 11.4. The molecule has 1 saturated heterocycles. The maximum Gasteiger partial charge on any atom is 0.0506 e. The average molecular weight is 222 g/mol. The molecule has 0 bridgehead atoms. The highest BCUT2D eigenvalue weighted by molar-refractivity contribution is 5.06. The van der Waals surface area contributed by atoms with E-state index in [9.17, 15) is 0 Å². The van der Waals surface area contributed by atoms with Gasteiger partial charge in [-0.15, -0.1) is 0 Å². The maximum absolute atomic E-state index is 3.51. The maximum atomic E-state index is 3.51. The molecule has 0 saturated carbocycles. The van der Waals surface area contributed by atoms with Crippen molar-refractivity contribution in [3.8, 4) is 0 Å². The molecule has 0 unspecified atom stereocenters. The second-order valence-electron chi connectivity index (χ2n) is 4.41. The van der Waals surface area contributed by atoms with Gasteiger partial charge in [0.2, 0.25) is 0 Å². The number of nitrogens with zero attached hydrogens (tertiary/aromatic N) is 3. The van der Waals surface area contributed by atoms with Crippen molar-refractivity contribution in [3.05, 3.63) is 24.0 Å². The largest absolute Gasteiger partial charge is 0.350 e. The number of likely N-dealkylation sites (N-methyl/N-ethyl adjacent to an activating group) is 1. The predicted molar refractivity (Wildman–Crippen MR) is 66.0 cm³/mol. The van der Waals surface area contributed by atoms with E-state index in [2.05, 4.69) is 52.2 Å². The van der Waals surface area contributed by atoms with E-state index in [0.717, 1.165) is 39.3 Å². The van der Waals surface area contributed by atoms with E-state index in [0.29, 0.717) is 0 Å². The fourth-order valence-electron chi connectivity index (χ4n) is 2.08. The Balaban J connectivity index is 1.79. The summed E-state index contributed by atoms with van der Waals surface area (Å²) < 4.78 is 2.28. The smallest absolute Gasteiger partial charge is 0.0506 e. The molecule has 4 nitrogen and oxygen atoms in total. The van der Waals surface area contributed by atoms with Crippen LogP contribution in [0.2, 0.25) is 0 Å². The number of rotatable bonds is 4. The van der Waals surface area contributed by atoms with Crippen LogP contribution >= 0.6 is 0 Å². The molecule has 90 valence electrons. The third-order valence-electron chi connectivity index (χ3n) is 3.25. The fraction of sp³-hybridized carbons (Fsp3) is 0.667. The van der Waals surface area contributed by atoms with Crippen LogP contribution in [0.1, 0.15) is 12.6 Å². The molecule has 1 aromatic rings. The molecular weight excluding hydrogens is 200 g/mol. The molecule has 4 heteroatoms. The molecule has 0 spiro atoms. The van der Waals surface area contributed by atoms with Gasteiger partial charge in [-0.1, -0.05) is 0 Å². The van der Waals surface area contributed by atoms with Crippen LogP contribution in [-0.2, 0) is 13.1 Å². The van der Waals surface area contributed by atoms with Crippen molar-refractivity contribution in [2.45, 2.75) is 20.0 Å². The van der Waals surface area contributed by atoms with Crippen LogP contribution in [0.3, 0.4) is 0 Å². The summed E-state index contributed by atoms with van der Waals surface area (Å²) in [5, 5.41) is 2.33. The molecule has 16 heavy (non-hydrogen) atoms. The van der Waals surface area contributed by atoms with E-state index < -0.39 is 0 Å². The number of nitrogens with one attached hydrogen (secondary N) is 1. The highest BCUT2D eigenvalue weighted by atomic mass is 15.5. The predicted octanol–water partition coefficient (Wildman–Crippen LogP) is 0.760. The van der Waals surface area contributed by atoms with Crippen molar-refractivity contribution in [2.75, 3.05) is 33.2 Å². The molecule has 1 aliphatic heterocycles. The first kappa shape index (κ1) is 11.6. The molecule has 0 aliphatic carbocycles. The van der Waals surface area contributed by atoms with Gasteiger partial charge in [0.05, 0.1) is 6.54 Å². The van der Waals surface area contributed by atoms with Crippen LogP contribution in [0.4, 0.5) is 0 Å². The molecule has 2 rings (SSSR count). The average Bonchev–Trinajstić information content (AvgIpc) is 2.76. The van der Waals surface area contributed by atoms with E-state index in [-0.39, 0.29) is 0 Å². The molecule has 1 fully saturated rings. The van der Waals surface area contributed by atoms with Gasteiger partial charge in [-0.05, 0) is 26.1 Å². The first-order valence-electron chi connectivity index (χ1n) is 6.10. The molecular formula is C12H22N4. The number of hydrogen-bond acceptors (Lipinski definition) is 3. The lowest BCUT2D eigenvalue weighted by molar-refractivity contribution is 0.101. The number of piperazine rings is 1.